The molecule has 0 saturated heterocycles. The molecule has 7 heteroatoms. The molecule has 0 spiro atoms. The number of nitrogens with zero attached hydrogens (tertiary/aromatic N) is 2. The van der Waals surface area contributed by atoms with Crippen molar-refractivity contribution in [1.29, 1.82) is 0 Å². The molecule has 1 amide bonds. The van der Waals surface area contributed by atoms with Crippen LogP contribution < -0.4 is 11.1 Å². The molecule has 1 aliphatic carbocycles. The van der Waals surface area contributed by atoms with Gasteiger partial charge < -0.3 is 21.2 Å². The summed E-state index contributed by atoms with van der Waals surface area (Å²) in [7, 11) is 0. The monoisotopic (exact) mass is 265 g/mol. The SMILES string of the molecule is CCC(NC(=O)C1(/C(N)=N/O)CCC1)c1ncc[nH]1. The van der Waals surface area contributed by atoms with Crippen molar-refractivity contribution < 1.29 is 10.0 Å². The highest BCUT2D eigenvalue weighted by molar-refractivity contribution is 6.07. The molecule has 1 fully saturated rings. The lowest BCUT2D eigenvalue weighted by molar-refractivity contribution is -0.132. The Hall–Kier alpha value is -2.05. The highest BCUT2D eigenvalue weighted by Gasteiger charge is 2.48. The highest BCUT2D eigenvalue weighted by Crippen LogP contribution is 2.41. The zero-order valence-corrected chi connectivity index (χ0v) is 10.9. The molecule has 1 heterocycles. The van der Waals surface area contributed by atoms with Crippen LogP contribution in [0.4, 0.5) is 0 Å². The van der Waals surface area contributed by atoms with Crippen molar-refractivity contribution in [1.82, 2.24) is 15.3 Å². The summed E-state index contributed by atoms with van der Waals surface area (Å²) in [6, 6.07) is -0.188. The Balaban J connectivity index is 2.11. The summed E-state index contributed by atoms with van der Waals surface area (Å²) >= 11 is 0. The fourth-order valence-electron chi connectivity index (χ4n) is 2.35. The summed E-state index contributed by atoms with van der Waals surface area (Å²) in [5.74, 6) is 0.507. The van der Waals surface area contributed by atoms with Crippen LogP contribution in [-0.4, -0.2) is 26.9 Å². The van der Waals surface area contributed by atoms with Gasteiger partial charge in [-0.15, -0.1) is 0 Å². The van der Waals surface area contributed by atoms with E-state index in [1.807, 2.05) is 6.92 Å². The quantitative estimate of drug-likeness (QED) is 0.274. The maximum atomic E-state index is 12.4. The fourth-order valence-corrected chi connectivity index (χ4v) is 2.35. The molecular formula is C12H19N5O2. The van der Waals surface area contributed by atoms with Gasteiger partial charge in [0.1, 0.15) is 11.2 Å². The van der Waals surface area contributed by atoms with Gasteiger partial charge in [-0.2, -0.15) is 0 Å². The normalized spacial score (nSPS) is 19.5. The van der Waals surface area contributed by atoms with E-state index in [9.17, 15) is 4.79 Å². The molecule has 7 nitrogen and oxygen atoms in total. The van der Waals surface area contributed by atoms with Gasteiger partial charge >= 0.3 is 0 Å². The Labute approximate surface area is 111 Å². The Morgan fingerprint density at radius 2 is 2.47 bits per heavy atom. The summed E-state index contributed by atoms with van der Waals surface area (Å²) in [5.41, 5.74) is 4.81. The number of amides is 1. The number of nitrogens with one attached hydrogen (secondary N) is 2. The second-order valence-electron chi connectivity index (χ2n) is 4.83. The van der Waals surface area contributed by atoms with Gasteiger partial charge in [0, 0.05) is 12.4 Å². The first-order valence-corrected chi connectivity index (χ1v) is 6.42. The minimum Gasteiger partial charge on any atom is -0.409 e. The maximum absolute atomic E-state index is 12.4. The number of amidine groups is 1. The molecule has 1 aromatic heterocycles. The van der Waals surface area contributed by atoms with Crippen LogP contribution in [0.15, 0.2) is 17.5 Å². The third-order valence-corrected chi connectivity index (χ3v) is 3.80. The molecule has 5 N–H and O–H groups in total. The number of hydrogen-bond acceptors (Lipinski definition) is 4. The molecule has 1 aromatic rings. The smallest absolute Gasteiger partial charge is 0.234 e. The molecule has 0 aliphatic heterocycles. The Bertz CT molecular complexity index is 464. The van der Waals surface area contributed by atoms with Crippen molar-refractivity contribution in [3.8, 4) is 0 Å². The van der Waals surface area contributed by atoms with Gasteiger partial charge in [-0.25, -0.2) is 4.98 Å². The van der Waals surface area contributed by atoms with E-state index in [-0.39, 0.29) is 17.8 Å². The van der Waals surface area contributed by atoms with Crippen LogP contribution in [-0.2, 0) is 4.79 Å². The third kappa shape index (κ3) is 2.27. The standard InChI is InChI=1S/C12H19N5O2/c1-2-8(9-14-6-7-15-9)16-11(18)12(4-3-5-12)10(13)17-19/h6-8,19H,2-5H2,1H3,(H2,13,17)(H,14,15)(H,16,18). The van der Waals surface area contributed by atoms with Gasteiger partial charge in [0.15, 0.2) is 5.84 Å². The molecule has 104 valence electrons. The predicted molar refractivity (Wildman–Crippen MR) is 69.5 cm³/mol. The highest BCUT2D eigenvalue weighted by atomic mass is 16.4. The summed E-state index contributed by atoms with van der Waals surface area (Å²) in [4.78, 5) is 19.5. The van der Waals surface area contributed by atoms with E-state index in [0.717, 1.165) is 6.42 Å². The molecule has 0 bridgehead atoms. The fraction of sp³-hybridized carbons (Fsp3) is 0.583. The van der Waals surface area contributed by atoms with Gasteiger partial charge in [-0.3, -0.25) is 4.79 Å². The van der Waals surface area contributed by atoms with Crippen LogP contribution in [0.1, 0.15) is 44.5 Å². The minimum atomic E-state index is -0.852. The van der Waals surface area contributed by atoms with Crippen molar-refractivity contribution in [3.05, 3.63) is 18.2 Å². The van der Waals surface area contributed by atoms with Gasteiger partial charge in [0.25, 0.3) is 0 Å². The Kier molecular flexibility index (Phi) is 3.73. The topological polar surface area (TPSA) is 116 Å². The first kappa shape index (κ1) is 13.4. The van der Waals surface area contributed by atoms with Crippen LogP contribution in [0.25, 0.3) is 0 Å². The van der Waals surface area contributed by atoms with E-state index in [1.165, 1.54) is 0 Å². The molecule has 1 saturated carbocycles. The van der Waals surface area contributed by atoms with Gasteiger partial charge in [0.05, 0.1) is 6.04 Å². The molecular weight excluding hydrogens is 246 g/mol. The number of hydrogen-bond donors (Lipinski definition) is 4. The van der Waals surface area contributed by atoms with Crippen molar-refractivity contribution in [3.63, 3.8) is 0 Å². The van der Waals surface area contributed by atoms with Crippen molar-refractivity contribution in [2.45, 2.75) is 38.6 Å². The Morgan fingerprint density at radius 3 is 2.89 bits per heavy atom. The number of aromatic amines is 1. The average Bonchev–Trinajstić information content (AvgIpc) is 2.87. The first-order valence-electron chi connectivity index (χ1n) is 6.42. The lowest BCUT2D eigenvalue weighted by Crippen LogP contribution is -2.54. The number of nitrogens with two attached hydrogens (primary N) is 1. The Morgan fingerprint density at radius 1 is 1.74 bits per heavy atom. The van der Waals surface area contributed by atoms with E-state index in [4.69, 9.17) is 10.9 Å². The number of imidazole rings is 1. The number of rotatable bonds is 5. The van der Waals surface area contributed by atoms with Gasteiger partial charge in [-0.1, -0.05) is 18.5 Å². The number of aromatic nitrogens is 2. The minimum absolute atomic E-state index is 0.00875. The van der Waals surface area contributed by atoms with Crippen LogP contribution in [0.5, 0.6) is 0 Å². The van der Waals surface area contributed by atoms with E-state index in [2.05, 4.69) is 20.4 Å². The van der Waals surface area contributed by atoms with Crippen molar-refractivity contribution in [2.75, 3.05) is 0 Å². The second kappa shape index (κ2) is 5.29. The zero-order valence-electron chi connectivity index (χ0n) is 10.9. The van der Waals surface area contributed by atoms with E-state index in [0.29, 0.717) is 25.1 Å². The maximum Gasteiger partial charge on any atom is 0.234 e. The van der Waals surface area contributed by atoms with E-state index < -0.39 is 5.41 Å². The summed E-state index contributed by atoms with van der Waals surface area (Å²) in [6.07, 6.45) is 6.21. The molecule has 0 radical (unpaired) electrons. The molecule has 19 heavy (non-hydrogen) atoms. The van der Waals surface area contributed by atoms with Crippen LogP contribution in [0, 0.1) is 5.41 Å². The van der Waals surface area contributed by atoms with Crippen LogP contribution in [0.2, 0.25) is 0 Å². The summed E-state index contributed by atoms with van der Waals surface area (Å²) in [5, 5.41) is 14.8. The molecule has 2 rings (SSSR count). The molecule has 0 aromatic carbocycles. The van der Waals surface area contributed by atoms with Crippen LogP contribution >= 0.6 is 0 Å². The van der Waals surface area contributed by atoms with Gasteiger partial charge in [-0.05, 0) is 19.3 Å². The molecule has 1 unspecified atom stereocenters. The van der Waals surface area contributed by atoms with Gasteiger partial charge in [0.2, 0.25) is 5.91 Å². The third-order valence-electron chi connectivity index (χ3n) is 3.80. The van der Waals surface area contributed by atoms with E-state index in [1.54, 1.807) is 12.4 Å². The molecule has 1 atom stereocenters. The zero-order chi connectivity index (χ0) is 13.9. The average molecular weight is 265 g/mol. The van der Waals surface area contributed by atoms with Crippen molar-refractivity contribution in [2.24, 2.45) is 16.3 Å². The second-order valence-corrected chi connectivity index (χ2v) is 4.83. The largest absolute Gasteiger partial charge is 0.409 e. The number of H-pyrrole nitrogens is 1. The first-order chi connectivity index (χ1) is 9.14. The predicted octanol–water partition coefficient (Wildman–Crippen LogP) is 0.894. The molecule has 1 aliphatic rings. The lowest BCUT2D eigenvalue weighted by atomic mass is 9.67. The van der Waals surface area contributed by atoms with Crippen LogP contribution in [0.3, 0.4) is 0 Å². The summed E-state index contributed by atoms with van der Waals surface area (Å²) < 4.78 is 0. The number of oxime groups is 1. The number of carbonyl (C=O) groups is 1. The lowest BCUT2D eigenvalue weighted by Gasteiger charge is -2.39. The summed E-state index contributed by atoms with van der Waals surface area (Å²) in [6.45, 7) is 1.96. The van der Waals surface area contributed by atoms with Crippen molar-refractivity contribution >= 4 is 11.7 Å². The number of carbonyl (C=O) groups excluding carboxylic acids is 1. The van der Waals surface area contributed by atoms with E-state index >= 15 is 0 Å².